The maximum Gasteiger partial charge on any atom is 0.114 e. The third-order valence-corrected chi connectivity index (χ3v) is 30.8. The van der Waals surface area contributed by atoms with E-state index in [0.717, 1.165) is 99.7 Å². The van der Waals surface area contributed by atoms with Crippen molar-refractivity contribution in [2.45, 2.75) is 165 Å². The lowest BCUT2D eigenvalue weighted by Crippen LogP contribution is -2.25. The number of thiophene rings is 2. The molecule has 0 saturated heterocycles. The Kier molecular flexibility index (Phi) is 20.4. The van der Waals surface area contributed by atoms with E-state index < -0.39 is 0 Å². The van der Waals surface area contributed by atoms with Crippen LogP contribution in [0.5, 0.6) is 0 Å². The quantitative estimate of drug-likeness (QED) is 0.0395. The first-order valence-corrected chi connectivity index (χ1v) is 47.2. The fraction of sp³-hybridized carbons (Fsp3) is 0.232. The zero-order valence-corrected chi connectivity index (χ0v) is 71.4. The molecule has 0 bridgehead atoms. The van der Waals surface area contributed by atoms with Gasteiger partial charge in [-0.2, -0.15) is 8.75 Å². The lowest BCUT2D eigenvalue weighted by Gasteiger charge is -2.33. The van der Waals surface area contributed by atoms with Gasteiger partial charge in [0.25, 0.3) is 0 Å². The third-order valence-electron chi connectivity index (χ3n) is 27.9. The summed E-state index contributed by atoms with van der Waals surface area (Å²) in [5.41, 5.74) is 29.3. The van der Waals surface area contributed by atoms with Gasteiger partial charge in [-0.05, 0) is 192 Å². The van der Waals surface area contributed by atoms with E-state index in [1.54, 1.807) is 0 Å². The molecule has 22 rings (SSSR count). The molecule has 596 valence electrons. The Hall–Kier alpha value is -11.7. The minimum Gasteiger partial charge on any atom is -0.340 e. The summed E-state index contributed by atoms with van der Waals surface area (Å²) in [7, 11) is 0. The van der Waals surface area contributed by atoms with Crippen molar-refractivity contribution in [3.63, 3.8) is 0 Å². The van der Waals surface area contributed by atoms with Crippen LogP contribution in [0.2, 0.25) is 0 Å². The molecule has 7 aromatic heterocycles. The summed E-state index contributed by atoms with van der Waals surface area (Å²) in [4.78, 5) is 5.04. The van der Waals surface area contributed by atoms with Crippen molar-refractivity contribution in [3.05, 3.63) is 338 Å². The highest BCUT2D eigenvalue weighted by molar-refractivity contribution is 7.19. The van der Waals surface area contributed by atoms with Gasteiger partial charge in [0, 0.05) is 155 Å². The monoisotopic (exact) mass is 1620 g/mol. The van der Waals surface area contributed by atoms with Crippen molar-refractivity contribution in [1.29, 1.82) is 0 Å². The molecule has 0 spiro atoms. The number of hydrogen-bond donors (Lipinski definition) is 0. The Bertz CT molecular complexity index is 6350. The Morgan fingerprint density at radius 2 is 0.446 bits per heavy atom. The second-order valence-corrected chi connectivity index (χ2v) is 37.3. The number of fused-ring (bicyclic) bond motifs is 19. The van der Waals surface area contributed by atoms with Crippen LogP contribution in [0.15, 0.2) is 315 Å². The van der Waals surface area contributed by atoms with Gasteiger partial charge < -0.3 is 18.3 Å². The van der Waals surface area contributed by atoms with E-state index in [0.29, 0.717) is 0 Å². The average molecular weight is 1630 g/mol. The van der Waals surface area contributed by atoms with E-state index in [2.05, 4.69) is 334 Å². The molecule has 7 heterocycles. The van der Waals surface area contributed by atoms with Gasteiger partial charge in [-0.3, -0.25) is 0 Å². The lowest BCUT2D eigenvalue weighted by molar-refractivity contribution is 0.397. The van der Waals surface area contributed by atoms with Gasteiger partial charge in [0.1, 0.15) is 11.0 Å². The van der Waals surface area contributed by atoms with E-state index in [1.165, 1.54) is 251 Å². The van der Waals surface area contributed by atoms with Crippen LogP contribution in [0.1, 0.15) is 151 Å². The molecule has 9 heteroatoms. The van der Waals surface area contributed by atoms with Crippen LogP contribution in [-0.4, -0.2) is 27.0 Å². The predicted molar refractivity (Wildman–Crippen MR) is 517 cm³/mol. The second-order valence-electron chi connectivity index (χ2n) is 34.6. The molecule has 0 N–H and O–H groups in total. The zero-order valence-electron chi connectivity index (χ0n) is 68.9. The number of hydrogen-bond acceptors (Lipinski definition) is 5. The van der Waals surface area contributed by atoms with Gasteiger partial charge in [-0.15, -0.1) is 22.7 Å². The summed E-state index contributed by atoms with van der Waals surface area (Å²) in [5.74, 6) is 0. The molecule has 13 aromatic carbocycles. The summed E-state index contributed by atoms with van der Waals surface area (Å²) in [6.45, 7) is 4.14. The van der Waals surface area contributed by atoms with E-state index >= 15 is 0 Å². The molecule has 0 fully saturated rings. The topological polar surface area (TPSA) is 45.5 Å². The van der Waals surface area contributed by atoms with Crippen molar-refractivity contribution in [3.8, 4) is 64.0 Å². The minimum absolute atomic E-state index is 0.0799. The highest BCUT2D eigenvalue weighted by atomic mass is 32.1. The number of para-hydroxylation sites is 8. The minimum atomic E-state index is -0.0799. The lowest BCUT2D eigenvalue weighted by atomic mass is 9.70. The molecular weight excluding hydrogens is 1530 g/mol. The van der Waals surface area contributed by atoms with Gasteiger partial charge >= 0.3 is 0 Å². The van der Waals surface area contributed by atoms with Crippen molar-refractivity contribution in [2.75, 3.05) is 0 Å². The van der Waals surface area contributed by atoms with Gasteiger partial charge in [-0.1, -0.05) is 308 Å². The summed E-state index contributed by atoms with van der Waals surface area (Å²) in [6, 6.07) is 120. The standard InChI is InChI=1S/C112H100N6S3/c1(5-33-71-115-97-49-21-11-39-83(97)84-40-12-22-50-98(84)115)29-67-111(68-30-2-6-34-72-116-99-51-23-13-41-85(99)86-42-14-24-52-100(86)116)93-47-19-9-37-79(93)81-59-57-77(75-95(81)111)105-63-65-107(119-105)91-61-62-92(110-109(91)113-121-114-110)108-66-64-106(120-108)78-58-60-82-80-38-10-20-48-94(80)112(96(82)76-78,69-31-3-7-35-73-117-101-53-25-15-43-87(101)88-44-16-26-54-102(88)117)70-32-4-8-36-74-118-103-55-27-17-45-89(103)90-46-18-28-56-104(90)118/h9-28,37-66,75-76H,1-8,29-36,67-74H2. The van der Waals surface area contributed by atoms with E-state index in [1.807, 2.05) is 22.7 Å². The fourth-order valence-corrected chi connectivity index (χ4v) is 24.9. The SMILES string of the molecule is c1ccc2c(c1)-c1ccc(-c3ccc(-c4ccc(-c5ccc(-c6ccc7c(c6)C(CCCCCCn6c8ccccc8c8ccccc86)(CCCCCCn6c8ccccc8c8ccccc86)c6ccccc6-7)s5)c5nsnc45)s3)cc1C2(CCCCCCn1c2ccccc2c2ccccc21)CCCCCCn1c2ccccc2c2ccccc21. The fourth-order valence-electron chi connectivity index (χ4n) is 22.3. The number of aryl methyl sites for hydroxylation is 4. The maximum atomic E-state index is 5.15. The normalized spacial score (nSPS) is 13.4. The van der Waals surface area contributed by atoms with Crippen LogP contribution < -0.4 is 0 Å². The molecule has 0 unspecified atom stereocenters. The second kappa shape index (κ2) is 32.7. The molecule has 0 atom stereocenters. The first-order valence-electron chi connectivity index (χ1n) is 44.8. The smallest absolute Gasteiger partial charge is 0.114 e. The zero-order chi connectivity index (χ0) is 80.2. The van der Waals surface area contributed by atoms with Gasteiger partial charge in [0.15, 0.2) is 0 Å². The van der Waals surface area contributed by atoms with Crippen LogP contribution in [0, 0.1) is 0 Å². The van der Waals surface area contributed by atoms with Crippen molar-refractivity contribution in [2.24, 2.45) is 0 Å². The van der Waals surface area contributed by atoms with Crippen molar-refractivity contribution < 1.29 is 0 Å². The molecule has 6 nitrogen and oxygen atoms in total. The van der Waals surface area contributed by atoms with Crippen LogP contribution in [-0.2, 0) is 37.0 Å². The molecule has 20 aromatic rings. The van der Waals surface area contributed by atoms with Gasteiger partial charge in [0.05, 0.1) is 11.7 Å². The van der Waals surface area contributed by atoms with Crippen LogP contribution >= 0.6 is 34.4 Å². The molecule has 2 aliphatic rings. The summed E-state index contributed by atoms with van der Waals surface area (Å²) >= 11 is 5.13. The Balaban J connectivity index is 0.523. The number of unbranched alkanes of at least 4 members (excludes halogenated alkanes) is 12. The molecule has 2 aliphatic carbocycles. The number of rotatable bonds is 32. The molecule has 0 amide bonds. The Morgan fingerprint density at radius 3 is 0.744 bits per heavy atom. The average Bonchev–Trinajstić information content (AvgIpc) is 1.56. The number of nitrogens with zero attached hydrogens (tertiary/aromatic N) is 6. The van der Waals surface area contributed by atoms with Crippen molar-refractivity contribution >= 4 is 133 Å². The van der Waals surface area contributed by atoms with Crippen LogP contribution in [0.3, 0.4) is 0 Å². The first-order chi connectivity index (χ1) is 60.0. The van der Waals surface area contributed by atoms with Gasteiger partial charge in [0.2, 0.25) is 0 Å². The van der Waals surface area contributed by atoms with E-state index in [4.69, 9.17) is 8.75 Å². The van der Waals surface area contributed by atoms with E-state index in [9.17, 15) is 0 Å². The summed E-state index contributed by atoms with van der Waals surface area (Å²) < 4.78 is 20.6. The molecule has 0 radical (unpaired) electrons. The largest absolute Gasteiger partial charge is 0.340 e. The maximum absolute atomic E-state index is 5.15. The summed E-state index contributed by atoms with van der Waals surface area (Å²) in [5, 5.41) is 10.9. The predicted octanol–water partition coefficient (Wildman–Crippen LogP) is 32.0. The summed E-state index contributed by atoms with van der Waals surface area (Å²) in [6.07, 6.45) is 23.7. The molecule has 0 aliphatic heterocycles. The van der Waals surface area contributed by atoms with E-state index in [-0.39, 0.29) is 10.8 Å². The number of benzene rings is 13. The molecule has 0 saturated carbocycles. The van der Waals surface area contributed by atoms with Crippen molar-refractivity contribution in [1.82, 2.24) is 27.0 Å². The highest BCUT2D eigenvalue weighted by Crippen LogP contribution is 2.58. The van der Waals surface area contributed by atoms with Gasteiger partial charge in [-0.25, -0.2) is 0 Å². The Labute approximate surface area is 721 Å². The van der Waals surface area contributed by atoms with Crippen LogP contribution in [0.25, 0.3) is 162 Å². The first kappa shape index (κ1) is 75.5. The number of aromatic nitrogens is 6. The third kappa shape index (κ3) is 13.5. The Morgan fingerprint density at radius 1 is 0.207 bits per heavy atom. The molecule has 121 heavy (non-hydrogen) atoms. The molecular formula is C112H100N6S3. The van der Waals surface area contributed by atoms with Crippen LogP contribution in [0.4, 0.5) is 0 Å². The highest BCUT2D eigenvalue weighted by Gasteiger charge is 2.44.